The van der Waals surface area contributed by atoms with E-state index in [0.29, 0.717) is 12.5 Å². The first-order valence-electron chi connectivity index (χ1n) is 6.71. The Hall–Kier alpha value is -2.09. The second kappa shape index (κ2) is 5.27. The fourth-order valence-electron chi connectivity index (χ4n) is 2.47. The van der Waals surface area contributed by atoms with Gasteiger partial charge in [-0.3, -0.25) is 4.79 Å². The van der Waals surface area contributed by atoms with Crippen LogP contribution in [0, 0.1) is 5.92 Å². The minimum Gasteiger partial charge on any atom is -0.352 e. The summed E-state index contributed by atoms with van der Waals surface area (Å²) in [4.78, 5) is 12.1. The van der Waals surface area contributed by atoms with Gasteiger partial charge in [-0.25, -0.2) is 0 Å². The highest BCUT2D eigenvalue weighted by atomic mass is 16.2. The summed E-state index contributed by atoms with van der Waals surface area (Å²) in [5, 5.41) is 3.02. The average Bonchev–Trinajstić information content (AvgIpc) is 3.27. The Balaban J connectivity index is 1.53. The largest absolute Gasteiger partial charge is 0.352 e. The molecule has 1 amide bonds. The summed E-state index contributed by atoms with van der Waals surface area (Å²) in [6.45, 7) is 0.623. The van der Waals surface area contributed by atoms with Crippen LogP contribution < -0.4 is 5.32 Å². The normalized spacial score (nSPS) is 20.8. The first kappa shape index (κ1) is 12.0. The van der Waals surface area contributed by atoms with Crippen molar-refractivity contribution in [1.29, 1.82) is 0 Å². The summed E-state index contributed by atoms with van der Waals surface area (Å²) in [6, 6.07) is 20.3. The zero-order chi connectivity index (χ0) is 13.1. The molecule has 3 rings (SSSR count). The SMILES string of the molecule is O=C(NCc1ccccc1)C1CC1c1ccccc1. The van der Waals surface area contributed by atoms with Crippen molar-refractivity contribution in [2.45, 2.75) is 18.9 Å². The Morgan fingerprint density at radius 1 is 1.00 bits per heavy atom. The van der Waals surface area contributed by atoms with Crippen LogP contribution in [0.1, 0.15) is 23.5 Å². The molecule has 1 saturated carbocycles. The molecular weight excluding hydrogens is 234 g/mol. The van der Waals surface area contributed by atoms with E-state index in [1.54, 1.807) is 0 Å². The maximum Gasteiger partial charge on any atom is 0.224 e. The molecule has 0 bridgehead atoms. The summed E-state index contributed by atoms with van der Waals surface area (Å²) in [5.74, 6) is 0.751. The summed E-state index contributed by atoms with van der Waals surface area (Å²) >= 11 is 0. The van der Waals surface area contributed by atoms with E-state index in [1.165, 1.54) is 5.56 Å². The second-order valence-corrected chi connectivity index (χ2v) is 5.06. The molecule has 0 radical (unpaired) electrons. The Bertz CT molecular complexity index is 550. The van der Waals surface area contributed by atoms with Gasteiger partial charge in [0.05, 0.1) is 0 Å². The highest BCUT2D eigenvalue weighted by Gasteiger charge is 2.43. The number of amides is 1. The van der Waals surface area contributed by atoms with Crippen molar-refractivity contribution < 1.29 is 4.79 Å². The number of benzene rings is 2. The molecule has 1 aliphatic rings. The Morgan fingerprint density at radius 3 is 2.32 bits per heavy atom. The minimum absolute atomic E-state index is 0.158. The zero-order valence-corrected chi connectivity index (χ0v) is 10.8. The van der Waals surface area contributed by atoms with Gasteiger partial charge in [0.15, 0.2) is 0 Å². The van der Waals surface area contributed by atoms with Crippen molar-refractivity contribution in [1.82, 2.24) is 5.32 Å². The smallest absolute Gasteiger partial charge is 0.224 e. The van der Waals surface area contributed by atoms with Crippen LogP contribution in [0.25, 0.3) is 0 Å². The van der Waals surface area contributed by atoms with Gasteiger partial charge in [0.1, 0.15) is 0 Å². The van der Waals surface area contributed by atoms with Crippen LogP contribution in [0.4, 0.5) is 0 Å². The van der Waals surface area contributed by atoms with Crippen molar-refractivity contribution >= 4 is 5.91 Å². The van der Waals surface area contributed by atoms with Crippen LogP contribution in [0.15, 0.2) is 60.7 Å². The van der Waals surface area contributed by atoms with Crippen LogP contribution in [0.5, 0.6) is 0 Å². The van der Waals surface area contributed by atoms with E-state index < -0.39 is 0 Å². The first-order chi connectivity index (χ1) is 9.34. The lowest BCUT2D eigenvalue weighted by Gasteiger charge is -2.05. The van der Waals surface area contributed by atoms with E-state index in [2.05, 4.69) is 17.4 Å². The van der Waals surface area contributed by atoms with Crippen LogP contribution in [-0.2, 0) is 11.3 Å². The lowest BCUT2D eigenvalue weighted by atomic mass is 10.1. The minimum atomic E-state index is 0.158. The van der Waals surface area contributed by atoms with Gasteiger partial charge < -0.3 is 5.32 Å². The fourth-order valence-corrected chi connectivity index (χ4v) is 2.47. The molecular formula is C17H17NO. The number of hydrogen-bond donors (Lipinski definition) is 1. The van der Waals surface area contributed by atoms with Crippen molar-refractivity contribution in [2.75, 3.05) is 0 Å². The van der Waals surface area contributed by atoms with Gasteiger partial charge in [-0.05, 0) is 23.5 Å². The maximum absolute atomic E-state index is 12.1. The molecule has 0 heterocycles. The third-order valence-corrected chi connectivity index (χ3v) is 3.66. The lowest BCUT2D eigenvalue weighted by molar-refractivity contribution is -0.122. The third-order valence-electron chi connectivity index (χ3n) is 3.66. The Kier molecular flexibility index (Phi) is 3.32. The molecule has 1 aliphatic carbocycles. The van der Waals surface area contributed by atoms with E-state index >= 15 is 0 Å². The average molecular weight is 251 g/mol. The molecule has 2 atom stereocenters. The molecule has 96 valence electrons. The van der Waals surface area contributed by atoms with Gasteiger partial charge in [-0.2, -0.15) is 0 Å². The Labute approximate surface area is 113 Å². The first-order valence-corrected chi connectivity index (χ1v) is 6.71. The predicted octanol–water partition coefficient (Wildman–Crippen LogP) is 3.11. The molecule has 1 fully saturated rings. The quantitative estimate of drug-likeness (QED) is 0.888. The second-order valence-electron chi connectivity index (χ2n) is 5.06. The van der Waals surface area contributed by atoms with Crippen molar-refractivity contribution in [3.05, 3.63) is 71.8 Å². The standard InChI is InChI=1S/C17H17NO/c19-17(18-12-13-7-3-1-4-8-13)16-11-15(16)14-9-5-2-6-10-14/h1-10,15-16H,11-12H2,(H,18,19). The number of rotatable bonds is 4. The van der Waals surface area contributed by atoms with Crippen LogP contribution in [0.2, 0.25) is 0 Å². The molecule has 2 aromatic carbocycles. The van der Waals surface area contributed by atoms with E-state index in [0.717, 1.165) is 12.0 Å². The number of hydrogen-bond acceptors (Lipinski definition) is 1. The maximum atomic E-state index is 12.1. The van der Waals surface area contributed by atoms with E-state index in [-0.39, 0.29) is 11.8 Å². The highest BCUT2D eigenvalue weighted by molar-refractivity contribution is 5.82. The van der Waals surface area contributed by atoms with Crippen molar-refractivity contribution in [3.63, 3.8) is 0 Å². The van der Waals surface area contributed by atoms with Crippen LogP contribution in [0.3, 0.4) is 0 Å². The van der Waals surface area contributed by atoms with Gasteiger partial charge in [-0.15, -0.1) is 0 Å². The van der Waals surface area contributed by atoms with Crippen molar-refractivity contribution in [2.24, 2.45) is 5.92 Å². The molecule has 1 N–H and O–H groups in total. The summed E-state index contributed by atoms with van der Waals surface area (Å²) < 4.78 is 0. The van der Waals surface area contributed by atoms with Crippen molar-refractivity contribution in [3.8, 4) is 0 Å². The van der Waals surface area contributed by atoms with Gasteiger partial charge in [0, 0.05) is 12.5 Å². The highest BCUT2D eigenvalue weighted by Crippen LogP contribution is 2.47. The van der Waals surface area contributed by atoms with Gasteiger partial charge in [0.25, 0.3) is 0 Å². The zero-order valence-electron chi connectivity index (χ0n) is 10.8. The summed E-state index contributed by atoms with van der Waals surface area (Å²) in [7, 11) is 0. The molecule has 0 aliphatic heterocycles. The van der Waals surface area contributed by atoms with E-state index in [9.17, 15) is 4.79 Å². The van der Waals surface area contributed by atoms with E-state index in [1.807, 2.05) is 48.5 Å². The van der Waals surface area contributed by atoms with Gasteiger partial charge in [0.2, 0.25) is 5.91 Å². The van der Waals surface area contributed by atoms with Gasteiger partial charge >= 0.3 is 0 Å². The monoisotopic (exact) mass is 251 g/mol. The molecule has 0 spiro atoms. The lowest BCUT2D eigenvalue weighted by Crippen LogP contribution is -2.24. The third kappa shape index (κ3) is 2.84. The molecule has 2 unspecified atom stereocenters. The summed E-state index contributed by atoms with van der Waals surface area (Å²) in [5.41, 5.74) is 2.43. The molecule has 0 aromatic heterocycles. The van der Waals surface area contributed by atoms with Gasteiger partial charge in [-0.1, -0.05) is 60.7 Å². The molecule has 2 nitrogen and oxygen atoms in total. The molecule has 19 heavy (non-hydrogen) atoms. The topological polar surface area (TPSA) is 29.1 Å². The number of nitrogens with one attached hydrogen (secondary N) is 1. The Morgan fingerprint density at radius 2 is 1.63 bits per heavy atom. The number of carbonyl (C=O) groups is 1. The summed E-state index contributed by atoms with van der Waals surface area (Å²) in [6.07, 6.45) is 0.977. The van der Waals surface area contributed by atoms with E-state index in [4.69, 9.17) is 0 Å². The van der Waals surface area contributed by atoms with Crippen LogP contribution >= 0.6 is 0 Å². The molecule has 2 heteroatoms. The number of carbonyl (C=O) groups excluding carboxylic acids is 1. The fraction of sp³-hybridized carbons (Fsp3) is 0.235. The predicted molar refractivity (Wildman–Crippen MR) is 75.6 cm³/mol. The molecule has 0 saturated heterocycles. The van der Waals surface area contributed by atoms with Crippen LogP contribution in [-0.4, -0.2) is 5.91 Å². The molecule has 2 aromatic rings.